The van der Waals surface area contributed by atoms with Gasteiger partial charge in [-0.2, -0.15) is 0 Å². The number of carbonyl (C=O) groups excluding carboxylic acids is 2. The van der Waals surface area contributed by atoms with Crippen LogP contribution in [0.25, 0.3) is 0 Å². The van der Waals surface area contributed by atoms with Gasteiger partial charge in [-0.25, -0.2) is 0 Å². The summed E-state index contributed by atoms with van der Waals surface area (Å²) in [6, 6.07) is 1.83. The van der Waals surface area contributed by atoms with Crippen molar-refractivity contribution < 1.29 is 9.59 Å². The van der Waals surface area contributed by atoms with Gasteiger partial charge in [-0.05, 0) is 12.1 Å². The number of hydrogen-bond donors (Lipinski definition) is 2. The first kappa shape index (κ1) is 14.7. The summed E-state index contributed by atoms with van der Waals surface area (Å²) in [4.78, 5) is 28.5. The molecule has 0 atom stereocenters. The van der Waals surface area contributed by atoms with Gasteiger partial charge in [-0.1, -0.05) is 6.58 Å². The van der Waals surface area contributed by atoms with Crippen molar-refractivity contribution in [3.05, 3.63) is 31.1 Å². The van der Waals surface area contributed by atoms with E-state index in [-0.39, 0.29) is 24.8 Å². The number of carbonyl (C=O) groups is 2. The monoisotopic (exact) mass is 262 g/mol. The predicted octanol–water partition coefficient (Wildman–Crippen LogP) is 0.778. The summed E-state index contributed by atoms with van der Waals surface area (Å²) < 4.78 is 0. The second-order valence-electron chi connectivity index (χ2n) is 4.12. The van der Waals surface area contributed by atoms with Crippen LogP contribution in [0, 0.1) is 0 Å². The first-order valence-electron chi connectivity index (χ1n) is 5.85. The average molecular weight is 262 g/mol. The zero-order valence-corrected chi connectivity index (χ0v) is 11.1. The molecule has 0 aliphatic heterocycles. The second-order valence-corrected chi connectivity index (χ2v) is 4.12. The maximum Gasteiger partial charge on any atom is 0.243 e. The van der Waals surface area contributed by atoms with Gasteiger partial charge in [0.05, 0.1) is 23.8 Å². The van der Waals surface area contributed by atoms with Crippen LogP contribution in [0.4, 0.5) is 11.4 Å². The van der Waals surface area contributed by atoms with E-state index in [1.54, 1.807) is 12.4 Å². The lowest BCUT2D eigenvalue weighted by Crippen LogP contribution is -2.26. The van der Waals surface area contributed by atoms with Crippen molar-refractivity contribution >= 4 is 23.2 Å². The molecule has 1 rings (SSSR count). The molecule has 2 amide bonds. The smallest absolute Gasteiger partial charge is 0.243 e. The Kier molecular flexibility index (Phi) is 5.53. The zero-order chi connectivity index (χ0) is 14.3. The maximum atomic E-state index is 11.6. The lowest BCUT2D eigenvalue weighted by Gasteiger charge is -2.13. The summed E-state index contributed by atoms with van der Waals surface area (Å²) in [5.41, 5.74) is 1.53. The molecule has 0 unspecified atom stereocenters. The normalized spacial score (nSPS) is 9.58. The number of pyridine rings is 1. The topological polar surface area (TPSA) is 74.3 Å². The van der Waals surface area contributed by atoms with Crippen molar-refractivity contribution in [2.45, 2.75) is 6.42 Å². The van der Waals surface area contributed by atoms with Gasteiger partial charge in [-0.3, -0.25) is 14.6 Å². The Morgan fingerprint density at radius 1 is 1.42 bits per heavy atom. The fraction of sp³-hybridized carbons (Fsp3) is 0.308. The maximum absolute atomic E-state index is 11.6. The highest BCUT2D eigenvalue weighted by Crippen LogP contribution is 2.15. The molecule has 102 valence electrons. The molecule has 1 heterocycles. The van der Waals surface area contributed by atoms with Crippen molar-refractivity contribution in [1.82, 2.24) is 10.3 Å². The number of amides is 2. The SMILES string of the molecule is C=CC(=O)NCCC(=O)Nc1cncc(N(C)C)c1. The van der Waals surface area contributed by atoms with Crippen molar-refractivity contribution in [1.29, 1.82) is 0 Å². The van der Waals surface area contributed by atoms with Gasteiger partial charge >= 0.3 is 0 Å². The van der Waals surface area contributed by atoms with Crippen LogP contribution in [-0.2, 0) is 9.59 Å². The summed E-state index contributed by atoms with van der Waals surface area (Å²) in [7, 11) is 3.79. The summed E-state index contributed by atoms with van der Waals surface area (Å²) in [6.07, 6.45) is 4.65. The number of hydrogen-bond acceptors (Lipinski definition) is 4. The fourth-order valence-corrected chi connectivity index (χ4v) is 1.34. The molecule has 0 spiro atoms. The molecular weight excluding hydrogens is 244 g/mol. The molecule has 1 aromatic rings. The summed E-state index contributed by atoms with van der Waals surface area (Å²) >= 11 is 0. The first-order valence-corrected chi connectivity index (χ1v) is 5.85. The van der Waals surface area contributed by atoms with Crippen LogP contribution < -0.4 is 15.5 Å². The van der Waals surface area contributed by atoms with E-state index in [0.717, 1.165) is 5.69 Å². The van der Waals surface area contributed by atoms with Crippen LogP contribution in [0.15, 0.2) is 31.1 Å². The standard InChI is InChI=1S/C13H18N4O2/c1-4-12(18)15-6-5-13(19)16-10-7-11(17(2)3)9-14-8-10/h4,7-9H,1,5-6H2,2-3H3,(H,15,18)(H,16,19). The highest BCUT2D eigenvalue weighted by atomic mass is 16.2. The highest BCUT2D eigenvalue weighted by Gasteiger charge is 2.04. The number of anilines is 2. The van der Waals surface area contributed by atoms with E-state index in [1.165, 1.54) is 6.08 Å². The van der Waals surface area contributed by atoms with E-state index in [9.17, 15) is 9.59 Å². The van der Waals surface area contributed by atoms with E-state index in [1.807, 2.05) is 25.1 Å². The molecule has 0 bridgehead atoms. The van der Waals surface area contributed by atoms with Crippen molar-refractivity contribution in [2.75, 3.05) is 30.9 Å². The minimum absolute atomic E-state index is 0.179. The molecule has 19 heavy (non-hydrogen) atoms. The Balaban J connectivity index is 2.46. The van der Waals surface area contributed by atoms with Gasteiger partial charge in [0.25, 0.3) is 0 Å². The van der Waals surface area contributed by atoms with Crippen molar-refractivity contribution in [3.8, 4) is 0 Å². The van der Waals surface area contributed by atoms with Gasteiger partial charge in [0.15, 0.2) is 0 Å². The Morgan fingerprint density at radius 3 is 2.79 bits per heavy atom. The van der Waals surface area contributed by atoms with Crippen LogP contribution in [0.2, 0.25) is 0 Å². The van der Waals surface area contributed by atoms with Gasteiger partial charge in [0.2, 0.25) is 11.8 Å². The third-order valence-electron chi connectivity index (χ3n) is 2.36. The molecule has 0 saturated carbocycles. The van der Waals surface area contributed by atoms with E-state index in [4.69, 9.17) is 0 Å². The third-order valence-corrected chi connectivity index (χ3v) is 2.36. The summed E-state index contributed by atoms with van der Waals surface area (Å²) in [6.45, 7) is 3.60. The first-order chi connectivity index (χ1) is 9.02. The van der Waals surface area contributed by atoms with E-state index >= 15 is 0 Å². The van der Waals surface area contributed by atoms with Crippen molar-refractivity contribution in [3.63, 3.8) is 0 Å². The second kappa shape index (κ2) is 7.15. The van der Waals surface area contributed by atoms with Crippen LogP contribution in [0.1, 0.15) is 6.42 Å². The van der Waals surface area contributed by atoms with E-state index < -0.39 is 0 Å². The number of nitrogens with one attached hydrogen (secondary N) is 2. The van der Waals surface area contributed by atoms with Gasteiger partial charge in [0.1, 0.15) is 0 Å². The van der Waals surface area contributed by atoms with Crippen molar-refractivity contribution in [2.24, 2.45) is 0 Å². The molecule has 0 aromatic carbocycles. The van der Waals surface area contributed by atoms with Crippen LogP contribution in [-0.4, -0.2) is 37.4 Å². The Hall–Kier alpha value is -2.37. The largest absolute Gasteiger partial charge is 0.376 e. The number of nitrogens with zero attached hydrogens (tertiary/aromatic N) is 2. The van der Waals surface area contributed by atoms with Gasteiger partial charge in [0, 0.05) is 27.1 Å². The molecule has 2 N–H and O–H groups in total. The zero-order valence-electron chi connectivity index (χ0n) is 11.1. The minimum Gasteiger partial charge on any atom is -0.376 e. The Bertz CT molecular complexity index is 471. The molecular formula is C13H18N4O2. The Labute approximate surface area is 112 Å². The summed E-state index contributed by atoms with van der Waals surface area (Å²) in [5, 5.41) is 5.26. The molecule has 0 aliphatic carbocycles. The fourth-order valence-electron chi connectivity index (χ4n) is 1.34. The molecule has 0 aliphatic rings. The van der Waals surface area contributed by atoms with Crippen LogP contribution in [0.3, 0.4) is 0 Å². The average Bonchev–Trinajstić information content (AvgIpc) is 2.38. The number of aromatic nitrogens is 1. The minimum atomic E-state index is -0.288. The number of rotatable bonds is 6. The van der Waals surface area contributed by atoms with Crippen LogP contribution in [0.5, 0.6) is 0 Å². The molecule has 0 fully saturated rings. The lowest BCUT2D eigenvalue weighted by atomic mass is 10.3. The van der Waals surface area contributed by atoms with E-state index in [0.29, 0.717) is 5.69 Å². The highest BCUT2D eigenvalue weighted by molar-refractivity contribution is 5.92. The molecule has 6 heteroatoms. The molecule has 6 nitrogen and oxygen atoms in total. The molecule has 0 saturated heterocycles. The Morgan fingerprint density at radius 2 is 2.16 bits per heavy atom. The third kappa shape index (κ3) is 5.20. The molecule has 1 aromatic heterocycles. The van der Waals surface area contributed by atoms with Gasteiger partial charge < -0.3 is 15.5 Å². The molecule has 0 radical (unpaired) electrons. The van der Waals surface area contributed by atoms with Crippen LogP contribution >= 0.6 is 0 Å². The quantitative estimate of drug-likeness (QED) is 0.743. The summed E-state index contributed by atoms with van der Waals surface area (Å²) in [5.74, 6) is -0.467. The predicted molar refractivity (Wildman–Crippen MR) is 75.0 cm³/mol. The van der Waals surface area contributed by atoms with E-state index in [2.05, 4.69) is 22.2 Å². The lowest BCUT2D eigenvalue weighted by molar-refractivity contribution is -0.117. The van der Waals surface area contributed by atoms with Gasteiger partial charge in [-0.15, -0.1) is 0 Å².